The van der Waals surface area contributed by atoms with Crippen molar-refractivity contribution in [3.05, 3.63) is 23.3 Å². The molecule has 10 nitrogen and oxygen atoms in total. The first-order valence-electron chi connectivity index (χ1n) is 8.33. The highest BCUT2D eigenvalue weighted by molar-refractivity contribution is 5.78. The van der Waals surface area contributed by atoms with Crippen molar-refractivity contribution in [1.29, 1.82) is 0 Å². The lowest BCUT2D eigenvalue weighted by Crippen LogP contribution is -2.51. The first kappa shape index (κ1) is 18.2. The minimum atomic E-state index is -1.05. The number of carboxylic acids is 1. The maximum absolute atomic E-state index is 12.3. The number of amides is 1. The van der Waals surface area contributed by atoms with Gasteiger partial charge in [0.2, 0.25) is 5.91 Å². The van der Waals surface area contributed by atoms with E-state index in [1.165, 1.54) is 0 Å². The summed E-state index contributed by atoms with van der Waals surface area (Å²) in [4.78, 5) is 31.6. The smallest absolute Gasteiger partial charge is 0.329 e. The van der Waals surface area contributed by atoms with E-state index in [9.17, 15) is 9.59 Å². The second-order valence-corrected chi connectivity index (χ2v) is 6.24. The van der Waals surface area contributed by atoms with Crippen molar-refractivity contribution in [1.82, 2.24) is 24.9 Å². The van der Waals surface area contributed by atoms with E-state index in [1.807, 2.05) is 19.9 Å². The number of aliphatic carboxylic acids is 1. The molecule has 1 amide bonds. The van der Waals surface area contributed by atoms with E-state index in [0.717, 1.165) is 11.4 Å². The molecular weight excluding hydrogens is 342 g/mol. The maximum atomic E-state index is 12.3. The predicted octanol–water partition coefficient (Wildman–Crippen LogP) is -0.341. The molecule has 0 spiro atoms. The number of aryl methyl sites for hydroxylation is 2. The molecule has 1 aliphatic heterocycles. The lowest BCUT2D eigenvalue weighted by atomic mass is 10.1. The normalized spacial score (nSPS) is 20.2. The molecule has 2 aromatic heterocycles. The molecule has 1 fully saturated rings. The van der Waals surface area contributed by atoms with Gasteiger partial charge in [-0.3, -0.25) is 4.79 Å². The molecule has 2 N–H and O–H groups in total. The van der Waals surface area contributed by atoms with Gasteiger partial charge in [0.05, 0.1) is 25.2 Å². The second-order valence-electron chi connectivity index (χ2n) is 6.24. The van der Waals surface area contributed by atoms with E-state index in [0.29, 0.717) is 24.6 Å². The number of carboxylic acid groups (broad SMARTS) is 1. The van der Waals surface area contributed by atoms with Crippen molar-refractivity contribution < 1.29 is 24.2 Å². The zero-order valence-corrected chi connectivity index (χ0v) is 14.6. The highest BCUT2D eigenvalue weighted by Crippen LogP contribution is 2.12. The minimum Gasteiger partial charge on any atom is -0.480 e. The zero-order chi connectivity index (χ0) is 18.7. The van der Waals surface area contributed by atoms with Gasteiger partial charge in [-0.1, -0.05) is 0 Å². The number of nitrogens with zero attached hydrogens (tertiary/aromatic N) is 4. The number of hydrogen-bond donors (Lipinski definition) is 2. The third-order valence-electron chi connectivity index (χ3n) is 4.04. The molecule has 3 heterocycles. The van der Waals surface area contributed by atoms with Gasteiger partial charge in [-0.2, -0.15) is 4.98 Å². The molecule has 0 aromatic carbocycles. The molecule has 26 heavy (non-hydrogen) atoms. The van der Waals surface area contributed by atoms with Crippen molar-refractivity contribution in [2.45, 2.75) is 38.8 Å². The molecular formula is C16H21N5O5. The quantitative estimate of drug-likeness (QED) is 0.713. The molecule has 1 saturated heterocycles. The summed E-state index contributed by atoms with van der Waals surface area (Å²) in [5.74, 6) is -0.513. The Hall–Kier alpha value is -2.59. The van der Waals surface area contributed by atoms with E-state index < -0.39 is 24.7 Å². The molecule has 0 radical (unpaired) electrons. The number of carbonyl (C=O) groups is 2. The minimum absolute atomic E-state index is 0.00992. The second kappa shape index (κ2) is 7.75. The van der Waals surface area contributed by atoms with Gasteiger partial charge in [-0.05, 0) is 26.3 Å². The summed E-state index contributed by atoms with van der Waals surface area (Å²) in [7, 11) is 0. The Kier molecular flexibility index (Phi) is 5.43. The van der Waals surface area contributed by atoms with Gasteiger partial charge in [-0.25, -0.2) is 14.3 Å². The zero-order valence-electron chi connectivity index (χ0n) is 14.6. The van der Waals surface area contributed by atoms with Gasteiger partial charge in [0, 0.05) is 18.0 Å². The summed E-state index contributed by atoms with van der Waals surface area (Å²) in [5, 5.41) is 15.9. The molecule has 0 bridgehead atoms. The van der Waals surface area contributed by atoms with E-state index >= 15 is 0 Å². The number of fused-ring (bicyclic) bond motifs is 1. The lowest BCUT2D eigenvalue weighted by Gasteiger charge is -2.31. The van der Waals surface area contributed by atoms with Crippen LogP contribution in [0.2, 0.25) is 0 Å². The van der Waals surface area contributed by atoms with Crippen molar-refractivity contribution >= 4 is 17.7 Å². The van der Waals surface area contributed by atoms with E-state index in [2.05, 4.69) is 20.4 Å². The molecule has 0 unspecified atom stereocenters. The number of ether oxygens (including phenoxy) is 2. The Bertz CT molecular complexity index is 821. The van der Waals surface area contributed by atoms with Crippen LogP contribution in [0.5, 0.6) is 0 Å². The summed E-state index contributed by atoms with van der Waals surface area (Å²) in [5.41, 5.74) is 1.71. The molecule has 2 atom stereocenters. The maximum Gasteiger partial charge on any atom is 0.329 e. The fourth-order valence-electron chi connectivity index (χ4n) is 2.91. The summed E-state index contributed by atoms with van der Waals surface area (Å²) >= 11 is 0. The average Bonchev–Trinajstić information content (AvgIpc) is 2.96. The van der Waals surface area contributed by atoms with E-state index in [4.69, 9.17) is 14.6 Å². The van der Waals surface area contributed by atoms with Crippen LogP contribution in [0.3, 0.4) is 0 Å². The van der Waals surface area contributed by atoms with Crippen LogP contribution in [-0.2, 0) is 25.5 Å². The highest BCUT2D eigenvalue weighted by atomic mass is 16.5. The van der Waals surface area contributed by atoms with E-state index in [-0.39, 0.29) is 18.9 Å². The summed E-state index contributed by atoms with van der Waals surface area (Å²) in [6.45, 7) is 4.09. The third kappa shape index (κ3) is 4.33. The van der Waals surface area contributed by atoms with Crippen LogP contribution in [0.1, 0.15) is 23.6 Å². The Balaban J connectivity index is 1.64. The van der Waals surface area contributed by atoms with Crippen LogP contribution in [0.15, 0.2) is 6.07 Å². The van der Waals surface area contributed by atoms with Crippen LogP contribution in [0.4, 0.5) is 0 Å². The van der Waals surface area contributed by atoms with Gasteiger partial charge in [-0.15, -0.1) is 5.10 Å². The largest absolute Gasteiger partial charge is 0.480 e. The summed E-state index contributed by atoms with van der Waals surface area (Å²) in [6, 6.07) is 1.48. The molecule has 0 aliphatic carbocycles. The number of hydrogen-bond acceptors (Lipinski definition) is 7. The predicted molar refractivity (Wildman–Crippen MR) is 88.7 cm³/mol. The molecule has 140 valence electrons. The molecule has 10 heteroatoms. The summed E-state index contributed by atoms with van der Waals surface area (Å²) < 4.78 is 12.3. The Morgan fingerprint density at radius 3 is 3.00 bits per heavy atom. The van der Waals surface area contributed by atoms with Crippen molar-refractivity contribution in [3.8, 4) is 0 Å². The van der Waals surface area contributed by atoms with Crippen LogP contribution < -0.4 is 5.32 Å². The molecule has 0 saturated carbocycles. The van der Waals surface area contributed by atoms with Gasteiger partial charge in [0.15, 0.2) is 5.82 Å². The van der Waals surface area contributed by atoms with Gasteiger partial charge in [0.25, 0.3) is 5.78 Å². The monoisotopic (exact) mass is 363 g/mol. The van der Waals surface area contributed by atoms with Crippen molar-refractivity contribution in [3.63, 3.8) is 0 Å². The Morgan fingerprint density at radius 2 is 2.23 bits per heavy atom. The standard InChI is InChI=1S/C16H21N5O5/c1-9-5-10(2)21-16(17-9)19-13(20-21)6-14(22)18-11-7-25-4-3-12(11)26-8-15(23)24/h5,11-12H,3-4,6-8H2,1-2H3,(H,18,22)(H,23,24)/t11-,12+/m1/s1. The Morgan fingerprint density at radius 1 is 1.42 bits per heavy atom. The van der Waals surface area contributed by atoms with E-state index in [1.54, 1.807) is 4.52 Å². The van der Waals surface area contributed by atoms with Crippen LogP contribution in [0, 0.1) is 13.8 Å². The highest BCUT2D eigenvalue weighted by Gasteiger charge is 2.29. The lowest BCUT2D eigenvalue weighted by molar-refractivity contribution is -0.148. The molecule has 1 aliphatic rings. The third-order valence-corrected chi connectivity index (χ3v) is 4.04. The number of aromatic nitrogens is 4. The first-order valence-corrected chi connectivity index (χ1v) is 8.33. The van der Waals surface area contributed by atoms with Gasteiger partial charge >= 0.3 is 5.97 Å². The number of rotatable bonds is 6. The van der Waals surface area contributed by atoms with Crippen LogP contribution in [-0.4, -0.2) is 68.5 Å². The van der Waals surface area contributed by atoms with Gasteiger partial charge in [0.1, 0.15) is 6.61 Å². The number of nitrogens with one attached hydrogen (secondary N) is 1. The van der Waals surface area contributed by atoms with Crippen LogP contribution >= 0.6 is 0 Å². The van der Waals surface area contributed by atoms with Gasteiger partial charge < -0.3 is 19.9 Å². The SMILES string of the molecule is Cc1cc(C)n2nc(CC(=O)N[C@@H]3COCC[C@@H]3OCC(=O)O)nc2n1. The van der Waals surface area contributed by atoms with Crippen LogP contribution in [0.25, 0.3) is 5.78 Å². The topological polar surface area (TPSA) is 128 Å². The molecule has 2 aromatic rings. The fourth-order valence-corrected chi connectivity index (χ4v) is 2.91. The Labute approximate surface area is 149 Å². The fraction of sp³-hybridized carbons (Fsp3) is 0.562. The van der Waals surface area contributed by atoms with Crippen molar-refractivity contribution in [2.75, 3.05) is 19.8 Å². The first-order chi connectivity index (χ1) is 12.4. The average molecular weight is 363 g/mol. The number of carbonyl (C=O) groups excluding carboxylic acids is 1. The molecule has 3 rings (SSSR count). The summed E-state index contributed by atoms with van der Waals surface area (Å²) in [6.07, 6.45) is 0.112. The van der Waals surface area contributed by atoms with Crippen molar-refractivity contribution in [2.24, 2.45) is 0 Å².